The molecule has 4 heterocycles. The average Bonchev–Trinajstić information content (AvgIpc) is 3.81. The van der Waals surface area contributed by atoms with Crippen molar-refractivity contribution in [2.24, 2.45) is 5.92 Å². The van der Waals surface area contributed by atoms with Crippen LogP contribution in [0, 0.1) is 12.8 Å². The number of amides is 3. The number of halogens is 3. The fraction of sp³-hybridized carbons (Fsp3) is 0.350. The molecule has 2 unspecified atom stereocenters. The minimum absolute atomic E-state index is 0.175. The van der Waals surface area contributed by atoms with Crippen molar-refractivity contribution in [2.45, 2.75) is 83.5 Å². The number of hydrogen-bond donors (Lipinski definition) is 2. The first-order valence-corrected chi connectivity index (χ1v) is 17.5. The monoisotopic (exact) mass is 710 g/mol. The number of aryl methyl sites for hydroxylation is 1. The van der Waals surface area contributed by atoms with Crippen LogP contribution >= 0.6 is 0 Å². The SMILES string of the molecule is Cc1ccc(-n2nc(C(C)(C)C)cc2NC(=O)Nc2ccc(CC3CC4CCC(C3)N4C(=O)c3nc(-c4ccccc4)oc3C(F)(F)F)cc2)cc1. The molecule has 52 heavy (non-hydrogen) atoms. The summed E-state index contributed by atoms with van der Waals surface area (Å²) in [6.07, 6.45) is -1.28. The molecular formula is C40H41F3N6O3. The van der Waals surface area contributed by atoms with Crippen molar-refractivity contribution in [2.75, 3.05) is 10.6 Å². The Morgan fingerprint density at radius 1 is 0.885 bits per heavy atom. The van der Waals surface area contributed by atoms with Gasteiger partial charge in [0, 0.05) is 34.8 Å². The molecule has 2 N–H and O–H groups in total. The molecule has 12 heteroatoms. The Labute approximate surface area is 300 Å². The summed E-state index contributed by atoms with van der Waals surface area (Å²) in [5.41, 5.74) is 3.99. The van der Waals surface area contributed by atoms with Gasteiger partial charge >= 0.3 is 12.2 Å². The number of urea groups is 1. The summed E-state index contributed by atoms with van der Waals surface area (Å²) in [6, 6.07) is 25.0. The molecule has 270 valence electrons. The molecule has 3 aromatic carbocycles. The molecule has 2 aliphatic rings. The number of piperidine rings is 1. The Kier molecular flexibility index (Phi) is 9.18. The lowest BCUT2D eigenvalue weighted by Crippen LogP contribution is -2.47. The quantitative estimate of drug-likeness (QED) is 0.175. The second-order valence-electron chi connectivity index (χ2n) is 14.9. The second-order valence-corrected chi connectivity index (χ2v) is 14.9. The van der Waals surface area contributed by atoms with Gasteiger partial charge in [-0.2, -0.15) is 18.3 Å². The first-order chi connectivity index (χ1) is 24.7. The lowest BCUT2D eigenvalue weighted by atomic mass is 9.85. The number of benzene rings is 3. The third-order valence-electron chi connectivity index (χ3n) is 9.91. The Morgan fingerprint density at radius 3 is 2.15 bits per heavy atom. The fourth-order valence-corrected chi connectivity index (χ4v) is 7.33. The van der Waals surface area contributed by atoms with E-state index in [0.717, 1.165) is 41.8 Å². The highest BCUT2D eigenvalue weighted by Crippen LogP contribution is 2.43. The Morgan fingerprint density at radius 2 is 1.54 bits per heavy atom. The number of anilines is 2. The maximum absolute atomic E-state index is 14.0. The Balaban J connectivity index is 0.989. The first-order valence-electron chi connectivity index (χ1n) is 17.5. The van der Waals surface area contributed by atoms with Gasteiger partial charge in [-0.05, 0) is 86.9 Å². The maximum atomic E-state index is 14.0. The largest absolute Gasteiger partial charge is 0.452 e. The van der Waals surface area contributed by atoms with Crippen LogP contribution in [0.5, 0.6) is 0 Å². The Bertz CT molecular complexity index is 2050. The van der Waals surface area contributed by atoms with Crippen LogP contribution in [-0.4, -0.2) is 43.7 Å². The molecule has 3 amide bonds. The Hall–Kier alpha value is -5.39. The number of nitrogens with zero attached hydrogens (tertiary/aromatic N) is 4. The molecule has 2 fully saturated rings. The van der Waals surface area contributed by atoms with E-state index in [4.69, 9.17) is 9.52 Å². The number of carbonyl (C=O) groups is 2. The van der Waals surface area contributed by atoms with Crippen molar-refractivity contribution >= 4 is 23.4 Å². The van der Waals surface area contributed by atoms with E-state index in [1.54, 1.807) is 39.9 Å². The van der Waals surface area contributed by atoms with Gasteiger partial charge in [-0.3, -0.25) is 10.1 Å². The van der Waals surface area contributed by atoms with Gasteiger partial charge in [0.15, 0.2) is 5.69 Å². The van der Waals surface area contributed by atoms with E-state index in [0.29, 0.717) is 29.9 Å². The molecule has 0 radical (unpaired) electrons. The van der Waals surface area contributed by atoms with E-state index in [9.17, 15) is 22.8 Å². The highest BCUT2D eigenvalue weighted by molar-refractivity contribution is 5.99. The first kappa shape index (κ1) is 35.0. The molecule has 7 rings (SSSR count). The van der Waals surface area contributed by atoms with E-state index in [1.165, 1.54) is 0 Å². The number of alkyl halides is 3. The van der Waals surface area contributed by atoms with Gasteiger partial charge in [0.05, 0.1) is 11.4 Å². The minimum Gasteiger partial charge on any atom is -0.431 e. The van der Waals surface area contributed by atoms with Crippen molar-refractivity contribution < 1.29 is 27.2 Å². The third kappa shape index (κ3) is 7.33. The van der Waals surface area contributed by atoms with E-state index >= 15 is 0 Å². The molecule has 0 aliphatic carbocycles. The molecule has 5 aromatic rings. The predicted octanol–water partition coefficient (Wildman–Crippen LogP) is 9.42. The van der Waals surface area contributed by atoms with Crippen LogP contribution < -0.4 is 10.6 Å². The lowest BCUT2D eigenvalue weighted by Gasteiger charge is -2.39. The van der Waals surface area contributed by atoms with E-state index in [1.807, 2.05) is 61.5 Å². The average molecular weight is 711 g/mol. The highest BCUT2D eigenvalue weighted by Gasteiger charge is 2.48. The van der Waals surface area contributed by atoms with Crippen molar-refractivity contribution in [3.05, 3.63) is 113 Å². The van der Waals surface area contributed by atoms with E-state index in [2.05, 4.69) is 36.4 Å². The highest BCUT2D eigenvalue weighted by atomic mass is 19.4. The van der Waals surface area contributed by atoms with Gasteiger partial charge in [-0.25, -0.2) is 14.5 Å². The summed E-state index contributed by atoms with van der Waals surface area (Å²) in [5.74, 6) is -1.50. The number of aromatic nitrogens is 3. The molecule has 0 saturated carbocycles. The zero-order valence-electron chi connectivity index (χ0n) is 29.5. The van der Waals surface area contributed by atoms with Crippen molar-refractivity contribution in [1.29, 1.82) is 0 Å². The molecule has 0 spiro atoms. The maximum Gasteiger partial charge on any atom is 0.452 e. The van der Waals surface area contributed by atoms with Gasteiger partial charge < -0.3 is 14.6 Å². The topological polar surface area (TPSA) is 105 Å². The number of carbonyl (C=O) groups excluding carboxylic acids is 2. The summed E-state index contributed by atoms with van der Waals surface area (Å²) >= 11 is 0. The summed E-state index contributed by atoms with van der Waals surface area (Å²) in [5, 5.41) is 10.6. The van der Waals surface area contributed by atoms with Crippen LogP contribution in [0.25, 0.3) is 17.1 Å². The van der Waals surface area contributed by atoms with Crippen LogP contribution in [0.4, 0.5) is 29.5 Å². The third-order valence-corrected chi connectivity index (χ3v) is 9.91. The van der Waals surface area contributed by atoms with E-state index in [-0.39, 0.29) is 29.3 Å². The fourth-order valence-electron chi connectivity index (χ4n) is 7.33. The number of fused-ring (bicyclic) bond motifs is 2. The van der Waals surface area contributed by atoms with Gasteiger partial charge in [0.1, 0.15) is 5.82 Å². The van der Waals surface area contributed by atoms with Gasteiger partial charge in [-0.15, -0.1) is 0 Å². The van der Waals surface area contributed by atoms with E-state index < -0.39 is 29.6 Å². The number of rotatable bonds is 7. The van der Waals surface area contributed by atoms with Crippen LogP contribution in [-0.2, 0) is 18.0 Å². The second kappa shape index (κ2) is 13.6. The summed E-state index contributed by atoms with van der Waals surface area (Å²) < 4.78 is 48.9. The molecule has 2 saturated heterocycles. The summed E-state index contributed by atoms with van der Waals surface area (Å²) in [7, 11) is 0. The van der Waals surface area contributed by atoms with Crippen LogP contribution in [0.1, 0.15) is 79.5 Å². The number of oxazole rings is 1. The molecular weight excluding hydrogens is 669 g/mol. The summed E-state index contributed by atoms with van der Waals surface area (Å²) in [4.78, 5) is 32.5. The van der Waals surface area contributed by atoms with Crippen molar-refractivity contribution in [1.82, 2.24) is 19.7 Å². The zero-order valence-corrected chi connectivity index (χ0v) is 29.5. The van der Waals surface area contributed by atoms with Gasteiger partial charge in [0.25, 0.3) is 5.91 Å². The van der Waals surface area contributed by atoms with Crippen molar-refractivity contribution in [3.63, 3.8) is 0 Å². The molecule has 9 nitrogen and oxygen atoms in total. The lowest BCUT2D eigenvalue weighted by molar-refractivity contribution is -0.153. The molecule has 2 aliphatic heterocycles. The normalized spacial score (nSPS) is 18.8. The zero-order chi connectivity index (χ0) is 36.8. The van der Waals surface area contributed by atoms with Crippen molar-refractivity contribution in [3.8, 4) is 17.1 Å². The standard InChI is InChI=1S/C40H41F3N6O3/c1-24-10-16-29(17-11-24)49-33(23-32(47-49)39(2,3)4)45-38(51)44-28-14-12-25(13-15-28)20-26-21-30-18-19-31(22-26)48(30)37(50)34-35(40(41,42)43)52-36(46-34)27-8-6-5-7-9-27/h5-17,23,26,30-31H,18-22H2,1-4H3,(H2,44,45,51). The number of hydrogen-bond acceptors (Lipinski definition) is 5. The smallest absolute Gasteiger partial charge is 0.431 e. The van der Waals surface area contributed by atoms with Crippen LogP contribution in [0.15, 0.2) is 89.3 Å². The van der Waals surface area contributed by atoms with Crippen LogP contribution in [0.3, 0.4) is 0 Å². The van der Waals surface area contributed by atoms with Gasteiger partial charge in [0.2, 0.25) is 11.7 Å². The molecule has 2 bridgehead atoms. The number of nitrogens with one attached hydrogen (secondary N) is 2. The van der Waals surface area contributed by atoms with Gasteiger partial charge in [-0.1, -0.05) is 68.8 Å². The van der Waals surface area contributed by atoms with Crippen LogP contribution in [0.2, 0.25) is 0 Å². The predicted molar refractivity (Wildman–Crippen MR) is 192 cm³/mol. The minimum atomic E-state index is -4.86. The molecule has 2 atom stereocenters. The summed E-state index contributed by atoms with van der Waals surface area (Å²) in [6.45, 7) is 8.23. The molecule has 2 aromatic heterocycles.